The minimum absolute atomic E-state index is 0.0621. The van der Waals surface area contributed by atoms with Gasteiger partial charge in [0.05, 0.1) is 11.4 Å². The average Bonchev–Trinajstić information content (AvgIpc) is 3.05. The van der Waals surface area contributed by atoms with E-state index in [-0.39, 0.29) is 5.75 Å². The quantitative estimate of drug-likeness (QED) is 0.658. The Morgan fingerprint density at radius 1 is 1.08 bits per heavy atom. The lowest BCUT2D eigenvalue weighted by atomic mass is 10.2. The van der Waals surface area contributed by atoms with Gasteiger partial charge < -0.3 is 10.0 Å². The standard InChI is InChI=1S/C18H18N4O2S/c1-21(12-14-8-4-2-5-9-14)17-19-20-18(25-13-16(23)24)22(17)15-10-6-3-7-11-15/h2-11H,12-13H2,1H3,(H,23,24). The molecule has 1 heterocycles. The van der Waals surface area contributed by atoms with Crippen LogP contribution in [-0.4, -0.2) is 38.6 Å². The Balaban J connectivity index is 1.94. The van der Waals surface area contributed by atoms with Crippen LogP contribution >= 0.6 is 11.8 Å². The van der Waals surface area contributed by atoms with Crippen molar-refractivity contribution in [1.29, 1.82) is 0 Å². The Morgan fingerprint density at radius 2 is 1.72 bits per heavy atom. The topological polar surface area (TPSA) is 71.2 Å². The molecule has 0 atom stereocenters. The summed E-state index contributed by atoms with van der Waals surface area (Å²) in [6.45, 7) is 0.676. The zero-order valence-corrected chi connectivity index (χ0v) is 14.6. The van der Waals surface area contributed by atoms with Gasteiger partial charge >= 0.3 is 5.97 Å². The number of rotatable bonds is 7. The van der Waals surface area contributed by atoms with Crippen LogP contribution in [0.25, 0.3) is 5.69 Å². The van der Waals surface area contributed by atoms with E-state index in [0.29, 0.717) is 17.6 Å². The molecule has 0 aliphatic rings. The summed E-state index contributed by atoms with van der Waals surface area (Å²) in [6.07, 6.45) is 0. The number of para-hydroxylation sites is 1. The van der Waals surface area contributed by atoms with Gasteiger partial charge in [-0.3, -0.25) is 9.36 Å². The van der Waals surface area contributed by atoms with Crippen molar-refractivity contribution in [2.45, 2.75) is 11.7 Å². The highest BCUT2D eigenvalue weighted by atomic mass is 32.2. The van der Waals surface area contributed by atoms with Crippen LogP contribution in [0.2, 0.25) is 0 Å². The number of aliphatic carboxylic acids is 1. The van der Waals surface area contributed by atoms with Gasteiger partial charge in [0.15, 0.2) is 5.16 Å². The third-order valence-electron chi connectivity index (χ3n) is 3.56. The highest BCUT2D eigenvalue weighted by molar-refractivity contribution is 7.99. The summed E-state index contributed by atoms with van der Waals surface area (Å²) in [5, 5.41) is 18.0. The largest absolute Gasteiger partial charge is 0.481 e. The summed E-state index contributed by atoms with van der Waals surface area (Å²) in [7, 11) is 1.95. The molecule has 0 bridgehead atoms. The molecule has 25 heavy (non-hydrogen) atoms. The van der Waals surface area contributed by atoms with E-state index in [1.54, 1.807) is 0 Å². The molecule has 0 unspecified atom stereocenters. The van der Waals surface area contributed by atoms with Crippen LogP contribution < -0.4 is 4.90 Å². The summed E-state index contributed by atoms with van der Waals surface area (Å²) in [5.41, 5.74) is 2.06. The number of hydrogen-bond acceptors (Lipinski definition) is 5. The Bertz CT molecular complexity index is 837. The van der Waals surface area contributed by atoms with E-state index >= 15 is 0 Å². The fraction of sp³-hybridized carbons (Fsp3) is 0.167. The normalized spacial score (nSPS) is 10.6. The van der Waals surface area contributed by atoms with Crippen molar-refractivity contribution < 1.29 is 9.90 Å². The van der Waals surface area contributed by atoms with Crippen LogP contribution in [0.15, 0.2) is 65.8 Å². The molecule has 128 valence electrons. The fourth-order valence-corrected chi connectivity index (χ4v) is 3.13. The van der Waals surface area contributed by atoms with Crippen LogP contribution in [0, 0.1) is 0 Å². The van der Waals surface area contributed by atoms with Crippen molar-refractivity contribution in [1.82, 2.24) is 14.8 Å². The molecule has 7 heteroatoms. The van der Waals surface area contributed by atoms with Crippen molar-refractivity contribution in [2.24, 2.45) is 0 Å². The monoisotopic (exact) mass is 354 g/mol. The van der Waals surface area contributed by atoms with Gasteiger partial charge in [0.25, 0.3) is 0 Å². The number of anilines is 1. The van der Waals surface area contributed by atoms with Gasteiger partial charge in [0, 0.05) is 13.6 Å². The second-order valence-corrected chi connectivity index (χ2v) is 6.42. The van der Waals surface area contributed by atoms with Crippen LogP contribution in [-0.2, 0) is 11.3 Å². The second-order valence-electron chi connectivity index (χ2n) is 5.48. The minimum Gasteiger partial charge on any atom is -0.481 e. The number of carbonyl (C=O) groups is 1. The highest BCUT2D eigenvalue weighted by Crippen LogP contribution is 2.26. The fourth-order valence-electron chi connectivity index (χ4n) is 2.46. The first kappa shape index (κ1) is 17.0. The van der Waals surface area contributed by atoms with E-state index in [0.717, 1.165) is 23.0 Å². The zero-order valence-electron chi connectivity index (χ0n) is 13.7. The molecule has 0 spiro atoms. The Morgan fingerprint density at radius 3 is 2.36 bits per heavy atom. The molecular formula is C18H18N4O2S. The molecule has 0 amide bonds. The minimum atomic E-state index is -0.883. The summed E-state index contributed by atoms with van der Waals surface area (Å²) in [6, 6.07) is 19.8. The van der Waals surface area contributed by atoms with Crippen LogP contribution in [0.3, 0.4) is 0 Å². The first-order chi connectivity index (χ1) is 12.1. The predicted molar refractivity (Wildman–Crippen MR) is 98.3 cm³/mol. The van der Waals surface area contributed by atoms with Crippen molar-refractivity contribution in [3.8, 4) is 5.69 Å². The molecule has 6 nitrogen and oxygen atoms in total. The molecule has 2 aromatic carbocycles. The van der Waals surface area contributed by atoms with Gasteiger partial charge in [0.1, 0.15) is 0 Å². The van der Waals surface area contributed by atoms with E-state index in [4.69, 9.17) is 5.11 Å². The first-order valence-corrected chi connectivity index (χ1v) is 8.74. The number of aromatic nitrogens is 3. The molecule has 3 rings (SSSR count). The lowest BCUT2D eigenvalue weighted by Gasteiger charge is -2.19. The molecule has 0 aliphatic carbocycles. The smallest absolute Gasteiger partial charge is 0.313 e. The summed E-state index contributed by atoms with van der Waals surface area (Å²) < 4.78 is 1.89. The van der Waals surface area contributed by atoms with Crippen molar-refractivity contribution in [3.63, 3.8) is 0 Å². The van der Waals surface area contributed by atoms with Crippen LogP contribution in [0.1, 0.15) is 5.56 Å². The predicted octanol–water partition coefficient (Wildman–Crippen LogP) is 3.08. The number of benzene rings is 2. The van der Waals surface area contributed by atoms with Crippen molar-refractivity contribution >= 4 is 23.7 Å². The van der Waals surface area contributed by atoms with Crippen molar-refractivity contribution in [2.75, 3.05) is 17.7 Å². The summed E-state index contributed by atoms with van der Waals surface area (Å²) in [5.74, 6) is -0.275. The SMILES string of the molecule is CN(Cc1ccccc1)c1nnc(SCC(=O)O)n1-c1ccccc1. The first-order valence-electron chi connectivity index (χ1n) is 7.75. The average molecular weight is 354 g/mol. The maximum absolute atomic E-state index is 10.9. The molecule has 0 fully saturated rings. The van der Waals surface area contributed by atoms with E-state index in [1.807, 2.05) is 65.0 Å². The maximum Gasteiger partial charge on any atom is 0.313 e. The van der Waals surface area contributed by atoms with Crippen LogP contribution in [0.5, 0.6) is 0 Å². The Kier molecular flexibility index (Phi) is 5.35. The molecule has 0 saturated carbocycles. The third kappa shape index (κ3) is 4.19. The molecule has 3 aromatic rings. The van der Waals surface area contributed by atoms with Crippen LogP contribution in [0.4, 0.5) is 5.95 Å². The zero-order chi connectivity index (χ0) is 17.6. The lowest BCUT2D eigenvalue weighted by molar-refractivity contribution is -0.133. The van der Waals surface area contributed by atoms with E-state index < -0.39 is 5.97 Å². The molecule has 1 N–H and O–H groups in total. The molecule has 1 aromatic heterocycles. The maximum atomic E-state index is 10.9. The van der Waals surface area contributed by atoms with Gasteiger partial charge in [-0.25, -0.2) is 0 Å². The Labute approximate surface area is 150 Å². The number of carboxylic acids is 1. The Hall–Kier alpha value is -2.80. The number of nitrogens with zero attached hydrogens (tertiary/aromatic N) is 4. The number of hydrogen-bond donors (Lipinski definition) is 1. The lowest BCUT2D eigenvalue weighted by Crippen LogP contribution is -2.20. The van der Waals surface area contributed by atoms with E-state index in [9.17, 15) is 4.79 Å². The van der Waals surface area contributed by atoms with E-state index in [2.05, 4.69) is 22.3 Å². The van der Waals surface area contributed by atoms with Gasteiger partial charge in [-0.2, -0.15) is 0 Å². The van der Waals surface area contributed by atoms with Gasteiger partial charge in [-0.05, 0) is 17.7 Å². The highest BCUT2D eigenvalue weighted by Gasteiger charge is 2.18. The molecule has 0 aliphatic heterocycles. The van der Waals surface area contributed by atoms with E-state index in [1.165, 1.54) is 0 Å². The van der Waals surface area contributed by atoms with Gasteiger partial charge in [-0.1, -0.05) is 60.3 Å². The van der Waals surface area contributed by atoms with Gasteiger partial charge in [-0.15, -0.1) is 10.2 Å². The molecule has 0 saturated heterocycles. The second kappa shape index (κ2) is 7.85. The third-order valence-corrected chi connectivity index (χ3v) is 4.47. The number of thioether (sulfide) groups is 1. The summed E-state index contributed by atoms with van der Waals surface area (Å²) in [4.78, 5) is 12.9. The number of carboxylic acid groups (broad SMARTS) is 1. The van der Waals surface area contributed by atoms with Crippen molar-refractivity contribution in [3.05, 3.63) is 66.2 Å². The van der Waals surface area contributed by atoms with Gasteiger partial charge in [0.2, 0.25) is 5.95 Å². The molecular weight excluding hydrogens is 336 g/mol. The molecule has 0 radical (unpaired) electrons. The summed E-state index contributed by atoms with van der Waals surface area (Å²) >= 11 is 1.16.